The number of amides is 1. The molecule has 0 radical (unpaired) electrons. The van der Waals surface area contributed by atoms with E-state index < -0.39 is 5.54 Å². The van der Waals surface area contributed by atoms with Crippen molar-refractivity contribution in [3.63, 3.8) is 0 Å². The Hall–Kier alpha value is -1.47. The van der Waals surface area contributed by atoms with Gasteiger partial charge in [-0.05, 0) is 49.4 Å². The summed E-state index contributed by atoms with van der Waals surface area (Å²) >= 11 is 5.58. The zero-order chi connectivity index (χ0) is 11.6. The minimum Gasteiger partial charge on any atom is -0.440 e. The first-order chi connectivity index (χ1) is 7.65. The van der Waals surface area contributed by atoms with E-state index in [1.54, 1.807) is 0 Å². The van der Waals surface area contributed by atoms with E-state index in [1.807, 2.05) is 0 Å². The van der Waals surface area contributed by atoms with Gasteiger partial charge in [-0.3, -0.25) is 4.79 Å². The summed E-state index contributed by atoms with van der Waals surface area (Å²) in [5.74, 6) is -0.234. The second-order valence-corrected chi connectivity index (χ2v) is 4.33. The monoisotopic (exact) mass is 238 g/mol. The molecule has 1 aromatic heterocycles. The van der Waals surface area contributed by atoms with Crippen LogP contribution in [-0.4, -0.2) is 11.4 Å². The van der Waals surface area contributed by atoms with Gasteiger partial charge in [-0.15, -0.1) is 0 Å². The third-order valence-corrected chi connectivity index (χ3v) is 3.02. The maximum atomic E-state index is 11.8. The molecule has 1 heterocycles. The van der Waals surface area contributed by atoms with E-state index in [0.717, 1.165) is 12.8 Å². The van der Waals surface area contributed by atoms with Gasteiger partial charge in [0.05, 0.1) is 6.07 Å². The fraction of sp³-hybridized carbons (Fsp3) is 0.455. The predicted octanol–water partition coefficient (Wildman–Crippen LogP) is 2.50. The van der Waals surface area contributed by atoms with E-state index in [2.05, 4.69) is 11.4 Å². The maximum absolute atomic E-state index is 11.8. The smallest absolute Gasteiger partial charge is 0.288 e. The summed E-state index contributed by atoms with van der Waals surface area (Å²) in [6, 6.07) is 5.18. The third kappa shape index (κ3) is 2.05. The van der Waals surface area contributed by atoms with Gasteiger partial charge < -0.3 is 9.73 Å². The number of rotatable bonds is 2. The topological polar surface area (TPSA) is 66.0 Å². The highest BCUT2D eigenvalue weighted by Gasteiger charge is 2.36. The Bertz CT molecular complexity index is 441. The predicted molar refractivity (Wildman–Crippen MR) is 58.0 cm³/mol. The Morgan fingerprint density at radius 3 is 2.69 bits per heavy atom. The molecule has 0 aliphatic heterocycles. The van der Waals surface area contributed by atoms with E-state index >= 15 is 0 Å². The summed E-state index contributed by atoms with van der Waals surface area (Å²) in [5, 5.41) is 12.0. The van der Waals surface area contributed by atoms with Gasteiger partial charge in [-0.1, -0.05) is 0 Å². The lowest BCUT2D eigenvalue weighted by molar-refractivity contribution is 0.0892. The molecule has 1 saturated carbocycles. The molecule has 1 N–H and O–H groups in total. The summed E-state index contributed by atoms with van der Waals surface area (Å²) < 4.78 is 4.99. The first-order valence-electron chi connectivity index (χ1n) is 5.14. The quantitative estimate of drug-likeness (QED) is 0.861. The zero-order valence-corrected chi connectivity index (χ0v) is 9.38. The van der Waals surface area contributed by atoms with Crippen LogP contribution in [-0.2, 0) is 0 Å². The van der Waals surface area contributed by atoms with Crippen molar-refractivity contribution in [2.45, 2.75) is 31.2 Å². The molecule has 1 fully saturated rings. The van der Waals surface area contributed by atoms with Crippen molar-refractivity contribution in [1.82, 2.24) is 5.32 Å². The standard InChI is InChI=1S/C11H11ClN2O2/c12-9-4-3-8(16-9)10(15)14-11(7-13)5-1-2-6-11/h3-4H,1-2,5-6H2,(H,14,15). The number of nitrogens with zero attached hydrogens (tertiary/aromatic N) is 1. The number of nitriles is 1. The molecule has 0 bridgehead atoms. The zero-order valence-electron chi connectivity index (χ0n) is 8.62. The average molecular weight is 239 g/mol. The van der Waals surface area contributed by atoms with Crippen LogP contribution in [0.2, 0.25) is 5.22 Å². The van der Waals surface area contributed by atoms with Crippen LogP contribution in [0.25, 0.3) is 0 Å². The molecule has 0 aromatic carbocycles. The molecular weight excluding hydrogens is 228 g/mol. The van der Waals surface area contributed by atoms with E-state index in [-0.39, 0.29) is 16.9 Å². The van der Waals surface area contributed by atoms with E-state index in [0.29, 0.717) is 12.8 Å². The fourth-order valence-corrected chi connectivity index (χ4v) is 2.10. The van der Waals surface area contributed by atoms with Crippen LogP contribution in [0, 0.1) is 11.3 Å². The lowest BCUT2D eigenvalue weighted by Gasteiger charge is -2.20. The van der Waals surface area contributed by atoms with Crippen molar-refractivity contribution >= 4 is 17.5 Å². The molecule has 0 spiro atoms. The van der Waals surface area contributed by atoms with Crippen molar-refractivity contribution in [3.8, 4) is 6.07 Å². The molecule has 1 amide bonds. The normalized spacial score (nSPS) is 18.0. The van der Waals surface area contributed by atoms with Crippen molar-refractivity contribution in [1.29, 1.82) is 5.26 Å². The van der Waals surface area contributed by atoms with Crippen LogP contribution in [0.3, 0.4) is 0 Å². The number of nitrogens with one attached hydrogen (secondary N) is 1. The minimum absolute atomic E-state index is 0.145. The molecule has 0 saturated heterocycles. The Morgan fingerprint density at radius 2 is 2.19 bits per heavy atom. The number of halogens is 1. The molecule has 4 nitrogen and oxygen atoms in total. The van der Waals surface area contributed by atoms with Crippen molar-refractivity contribution in [2.24, 2.45) is 0 Å². The molecular formula is C11H11ClN2O2. The van der Waals surface area contributed by atoms with Crippen LogP contribution in [0.1, 0.15) is 36.2 Å². The molecule has 0 unspecified atom stereocenters. The third-order valence-electron chi connectivity index (χ3n) is 2.82. The highest BCUT2D eigenvalue weighted by Crippen LogP contribution is 2.29. The van der Waals surface area contributed by atoms with E-state index in [4.69, 9.17) is 21.3 Å². The van der Waals surface area contributed by atoms with Crippen LogP contribution in [0.15, 0.2) is 16.5 Å². The molecule has 5 heteroatoms. The number of hydrogen-bond acceptors (Lipinski definition) is 3. The lowest BCUT2D eigenvalue weighted by Crippen LogP contribution is -2.44. The van der Waals surface area contributed by atoms with Crippen LogP contribution in [0.5, 0.6) is 0 Å². The molecule has 1 aromatic rings. The van der Waals surface area contributed by atoms with Crippen molar-refractivity contribution < 1.29 is 9.21 Å². The van der Waals surface area contributed by atoms with Crippen molar-refractivity contribution in [2.75, 3.05) is 0 Å². The Balaban J connectivity index is 2.10. The second-order valence-electron chi connectivity index (χ2n) is 3.96. The molecule has 0 atom stereocenters. The average Bonchev–Trinajstić information content (AvgIpc) is 2.88. The van der Waals surface area contributed by atoms with Crippen LogP contribution >= 0.6 is 11.6 Å². The van der Waals surface area contributed by atoms with Gasteiger partial charge in [0, 0.05) is 0 Å². The molecule has 2 rings (SSSR count). The highest BCUT2D eigenvalue weighted by atomic mass is 35.5. The SMILES string of the molecule is N#CC1(NC(=O)c2ccc(Cl)o2)CCCC1. The Labute approximate surface area is 98.2 Å². The lowest BCUT2D eigenvalue weighted by atomic mass is 10.00. The van der Waals surface area contributed by atoms with Gasteiger partial charge in [-0.25, -0.2) is 0 Å². The van der Waals surface area contributed by atoms with Crippen molar-refractivity contribution in [3.05, 3.63) is 23.1 Å². The first kappa shape index (κ1) is 11.0. The molecule has 1 aliphatic rings. The number of carbonyl (C=O) groups excluding carboxylic acids is 1. The fourth-order valence-electron chi connectivity index (χ4n) is 1.96. The molecule has 16 heavy (non-hydrogen) atoms. The summed E-state index contributed by atoms with van der Waals surface area (Å²) in [5.41, 5.74) is -0.726. The number of furan rings is 1. The number of hydrogen-bond donors (Lipinski definition) is 1. The molecule has 1 aliphatic carbocycles. The Kier molecular flexibility index (Phi) is 2.88. The highest BCUT2D eigenvalue weighted by molar-refractivity contribution is 6.29. The van der Waals surface area contributed by atoms with Gasteiger partial charge in [0.1, 0.15) is 5.54 Å². The van der Waals surface area contributed by atoms with Gasteiger partial charge in [0.15, 0.2) is 11.0 Å². The maximum Gasteiger partial charge on any atom is 0.288 e. The summed E-state index contributed by atoms with van der Waals surface area (Å²) in [4.78, 5) is 11.8. The van der Waals surface area contributed by atoms with Gasteiger partial charge in [-0.2, -0.15) is 5.26 Å². The second kappa shape index (κ2) is 4.18. The minimum atomic E-state index is -0.726. The summed E-state index contributed by atoms with van der Waals surface area (Å²) in [7, 11) is 0. The van der Waals surface area contributed by atoms with E-state index in [9.17, 15) is 4.79 Å². The Morgan fingerprint density at radius 1 is 1.50 bits per heavy atom. The molecule has 84 valence electrons. The van der Waals surface area contributed by atoms with Gasteiger partial charge >= 0.3 is 0 Å². The van der Waals surface area contributed by atoms with Crippen LogP contribution in [0.4, 0.5) is 0 Å². The van der Waals surface area contributed by atoms with Gasteiger partial charge in [0.2, 0.25) is 0 Å². The number of carbonyl (C=O) groups is 1. The van der Waals surface area contributed by atoms with E-state index in [1.165, 1.54) is 12.1 Å². The summed E-state index contributed by atoms with van der Waals surface area (Å²) in [6.45, 7) is 0. The largest absolute Gasteiger partial charge is 0.440 e. The summed E-state index contributed by atoms with van der Waals surface area (Å²) in [6.07, 6.45) is 3.33. The first-order valence-corrected chi connectivity index (χ1v) is 5.52. The van der Waals surface area contributed by atoms with Gasteiger partial charge in [0.25, 0.3) is 5.91 Å². The van der Waals surface area contributed by atoms with Crippen LogP contribution < -0.4 is 5.32 Å².